The normalized spacial score (nSPS) is 19.3. The molecule has 1 heterocycles. The van der Waals surface area contributed by atoms with E-state index < -0.39 is 5.82 Å². The molecule has 17 heavy (non-hydrogen) atoms. The zero-order chi connectivity index (χ0) is 12.4. The largest absolute Gasteiger partial charge is 0.398 e. The summed E-state index contributed by atoms with van der Waals surface area (Å²) >= 11 is 1.81. The van der Waals surface area contributed by atoms with Gasteiger partial charge in [-0.1, -0.05) is 0 Å². The van der Waals surface area contributed by atoms with Crippen molar-refractivity contribution in [3.05, 3.63) is 29.1 Å². The molecule has 0 radical (unpaired) electrons. The number of benzene rings is 1. The average molecular weight is 254 g/mol. The lowest BCUT2D eigenvalue weighted by atomic mass is 10.1. The van der Waals surface area contributed by atoms with Crippen LogP contribution in [0, 0.1) is 12.7 Å². The average Bonchev–Trinajstić information content (AvgIpc) is 2.77. The molecule has 1 saturated heterocycles. The summed E-state index contributed by atoms with van der Waals surface area (Å²) < 4.78 is 13.4. The predicted molar refractivity (Wildman–Crippen MR) is 68.7 cm³/mol. The highest BCUT2D eigenvalue weighted by Crippen LogP contribution is 2.20. The second-order valence-electron chi connectivity index (χ2n) is 4.21. The van der Waals surface area contributed by atoms with Crippen LogP contribution in [0.1, 0.15) is 22.3 Å². The molecular formula is C12H15FN2OS. The van der Waals surface area contributed by atoms with Gasteiger partial charge in [0.25, 0.3) is 5.91 Å². The highest BCUT2D eigenvalue weighted by molar-refractivity contribution is 7.99. The van der Waals surface area contributed by atoms with Gasteiger partial charge in [0.15, 0.2) is 0 Å². The fraction of sp³-hybridized carbons (Fsp3) is 0.417. The molecular weight excluding hydrogens is 239 g/mol. The Morgan fingerprint density at radius 2 is 2.35 bits per heavy atom. The Hall–Kier alpha value is -1.23. The monoisotopic (exact) mass is 254 g/mol. The molecule has 2 rings (SSSR count). The van der Waals surface area contributed by atoms with Crippen LogP contribution in [-0.4, -0.2) is 23.5 Å². The van der Waals surface area contributed by atoms with E-state index in [1.165, 1.54) is 12.1 Å². The Morgan fingerprint density at radius 3 is 2.94 bits per heavy atom. The van der Waals surface area contributed by atoms with Gasteiger partial charge in [-0.3, -0.25) is 4.79 Å². The number of rotatable bonds is 2. The van der Waals surface area contributed by atoms with Crippen molar-refractivity contribution in [2.75, 3.05) is 17.2 Å². The highest BCUT2D eigenvalue weighted by atomic mass is 32.2. The Labute approximate surface area is 104 Å². The number of carbonyl (C=O) groups excluding carboxylic acids is 1. The summed E-state index contributed by atoms with van der Waals surface area (Å²) in [6.45, 7) is 1.60. The van der Waals surface area contributed by atoms with Gasteiger partial charge in [-0.05, 0) is 31.2 Å². The van der Waals surface area contributed by atoms with Crippen molar-refractivity contribution in [2.45, 2.75) is 19.4 Å². The van der Waals surface area contributed by atoms with Crippen molar-refractivity contribution in [3.63, 3.8) is 0 Å². The topological polar surface area (TPSA) is 55.1 Å². The van der Waals surface area contributed by atoms with Crippen LogP contribution < -0.4 is 11.1 Å². The van der Waals surface area contributed by atoms with Crippen LogP contribution in [0.5, 0.6) is 0 Å². The van der Waals surface area contributed by atoms with Crippen LogP contribution in [-0.2, 0) is 0 Å². The number of hydrogen-bond acceptors (Lipinski definition) is 3. The molecule has 1 fully saturated rings. The minimum absolute atomic E-state index is 0.193. The van der Waals surface area contributed by atoms with Gasteiger partial charge in [0.1, 0.15) is 5.82 Å². The summed E-state index contributed by atoms with van der Waals surface area (Å²) in [5, 5.41) is 2.89. The standard InChI is InChI=1S/C12H15FN2OS/c1-7-10(13)4-8(5-11(7)14)12(16)15-9-2-3-17-6-9/h4-5,9H,2-3,6,14H2,1H3,(H,15,16). The minimum atomic E-state index is -0.434. The number of halogens is 1. The number of anilines is 1. The minimum Gasteiger partial charge on any atom is -0.398 e. The van der Waals surface area contributed by atoms with Crippen molar-refractivity contribution >= 4 is 23.4 Å². The van der Waals surface area contributed by atoms with Crippen molar-refractivity contribution in [1.82, 2.24) is 5.32 Å². The van der Waals surface area contributed by atoms with E-state index in [1.807, 2.05) is 11.8 Å². The second-order valence-corrected chi connectivity index (χ2v) is 5.36. The highest BCUT2D eigenvalue weighted by Gasteiger charge is 2.19. The van der Waals surface area contributed by atoms with Crippen LogP contribution in [0.3, 0.4) is 0 Å². The van der Waals surface area contributed by atoms with Crippen molar-refractivity contribution < 1.29 is 9.18 Å². The first-order valence-electron chi connectivity index (χ1n) is 5.52. The summed E-state index contributed by atoms with van der Waals surface area (Å²) in [7, 11) is 0. The van der Waals surface area contributed by atoms with Crippen LogP contribution in [0.4, 0.5) is 10.1 Å². The molecule has 3 N–H and O–H groups in total. The zero-order valence-electron chi connectivity index (χ0n) is 9.63. The van der Waals surface area contributed by atoms with Gasteiger partial charge in [0, 0.05) is 28.6 Å². The van der Waals surface area contributed by atoms with Crippen LogP contribution in [0.15, 0.2) is 12.1 Å². The van der Waals surface area contributed by atoms with E-state index in [9.17, 15) is 9.18 Å². The molecule has 1 aliphatic heterocycles. The molecule has 1 unspecified atom stereocenters. The number of amides is 1. The quantitative estimate of drug-likeness (QED) is 0.793. The molecule has 1 atom stereocenters. The van der Waals surface area contributed by atoms with Gasteiger partial charge in [-0.25, -0.2) is 4.39 Å². The van der Waals surface area contributed by atoms with Gasteiger partial charge < -0.3 is 11.1 Å². The third-order valence-corrected chi connectivity index (χ3v) is 4.07. The Kier molecular flexibility index (Phi) is 3.57. The van der Waals surface area contributed by atoms with Crippen molar-refractivity contribution in [3.8, 4) is 0 Å². The maximum Gasteiger partial charge on any atom is 0.251 e. The molecule has 3 nitrogen and oxygen atoms in total. The van der Waals surface area contributed by atoms with Crippen molar-refractivity contribution in [1.29, 1.82) is 0 Å². The van der Waals surface area contributed by atoms with Gasteiger partial charge in [-0.15, -0.1) is 0 Å². The second kappa shape index (κ2) is 4.96. The number of thioether (sulfide) groups is 1. The Bertz CT molecular complexity index is 421. The lowest BCUT2D eigenvalue weighted by Gasteiger charge is -2.12. The van der Waals surface area contributed by atoms with Crippen LogP contribution in [0.25, 0.3) is 0 Å². The molecule has 5 heteroatoms. The molecule has 0 aliphatic carbocycles. The maximum absolute atomic E-state index is 13.4. The molecule has 1 aliphatic rings. The molecule has 0 spiro atoms. The van der Waals surface area contributed by atoms with Gasteiger partial charge in [0.05, 0.1) is 0 Å². The predicted octanol–water partition coefficient (Wildman–Crippen LogP) is 1.95. The van der Waals surface area contributed by atoms with Crippen LogP contribution in [0.2, 0.25) is 0 Å². The molecule has 1 aromatic rings. The van der Waals surface area contributed by atoms with Crippen molar-refractivity contribution in [2.24, 2.45) is 0 Å². The van der Waals surface area contributed by atoms with E-state index in [0.717, 1.165) is 17.9 Å². The van der Waals surface area contributed by atoms with Gasteiger partial charge >= 0.3 is 0 Å². The first kappa shape index (κ1) is 12.2. The summed E-state index contributed by atoms with van der Waals surface area (Å²) in [5.74, 6) is 1.31. The number of nitrogens with one attached hydrogen (secondary N) is 1. The maximum atomic E-state index is 13.4. The molecule has 1 aromatic carbocycles. The lowest BCUT2D eigenvalue weighted by molar-refractivity contribution is 0.0940. The van der Waals surface area contributed by atoms with E-state index >= 15 is 0 Å². The number of carbonyl (C=O) groups is 1. The van der Waals surface area contributed by atoms with Gasteiger partial charge in [0.2, 0.25) is 0 Å². The summed E-state index contributed by atoms with van der Waals surface area (Å²) in [6, 6.07) is 2.96. The fourth-order valence-corrected chi connectivity index (χ4v) is 2.90. The Morgan fingerprint density at radius 1 is 1.59 bits per heavy atom. The van der Waals surface area contributed by atoms with Crippen LogP contribution >= 0.6 is 11.8 Å². The number of nitrogen functional groups attached to an aromatic ring is 1. The molecule has 0 saturated carbocycles. The van der Waals surface area contributed by atoms with E-state index in [1.54, 1.807) is 6.92 Å². The number of hydrogen-bond donors (Lipinski definition) is 2. The fourth-order valence-electron chi connectivity index (χ4n) is 1.75. The van der Waals surface area contributed by atoms with E-state index in [0.29, 0.717) is 16.8 Å². The molecule has 92 valence electrons. The summed E-state index contributed by atoms with van der Waals surface area (Å²) in [5.41, 5.74) is 6.64. The smallest absolute Gasteiger partial charge is 0.251 e. The van der Waals surface area contributed by atoms with E-state index in [2.05, 4.69) is 5.32 Å². The molecule has 1 amide bonds. The van der Waals surface area contributed by atoms with E-state index in [4.69, 9.17) is 5.73 Å². The Balaban J connectivity index is 2.13. The molecule has 0 aromatic heterocycles. The first-order valence-corrected chi connectivity index (χ1v) is 6.67. The summed E-state index contributed by atoms with van der Waals surface area (Å²) in [6.07, 6.45) is 0.972. The molecule has 0 bridgehead atoms. The zero-order valence-corrected chi connectivity index (χ0v) is 10.4. The number of nitrogens with two attached hydrogens (primary N) is 1. The first-order chi connectivity index (χ1) is 8.08. The van der Waals surface area contributed by atoms with E-state index in [-0.39, 0.29) is 11.9 Å². The third kappa shape index (κ3) is 2.72. The lowest BCUT2D eigenvalue weighted by Crippen LogP contribution is -2.34. The third-order valence-electron chi connectivity index (χ3n) is 2.91. The summed E-state index contributed by atoms with van der Waals surface area (Å²) in [4.78, 5) is 11.9. The SMILES string of the molecule is Cc1c(N)cc(C(=O)NC2CCSC2)cc1F. The van der Waals surface area contributed by atoms with Gasteiger partial charge in [-0.2, -0.15) is 11.8 Å².